The monoisotopic (exact) mass is 265 g/mol. The van der Waals surface area contributed by atoms with Crippen LogP contribution in [0.2, 0.25) is 0 Å². The molecule has 0 heterocycles. The van der Waals surface area contributed by atoms with Gasteiger partial charge in [0.2, 0.25) is 0 Å². The highest BCUT2D eigenvalue weighted by Crippen LogP contribution is 2.05. The van der Waals surface area contributed by atoms with Crippen molar-refractivity contribution in [3.05, 3.63) is 35.4 Å². The van der Waals surface area contributed by atoms with E-state index in [1.165, 1.54) is 7.11 Å². The van der Waals surface area contributed by atoms with Crippen LogP contribution in [0, 0.1) is 0 Å². The van der Waals surface area contributed by atoms with Crippen molar-refractivity contribution in [1.82, 2.24) is 5.32 Å². The molecular formula is C14H19NO4. The summed E-state index contributed by atoms with van der Waals surface area (Å²) in [6.07, 6.45) is 0.355. The van der Waals surface area contributed by atoms with E-state index in [9.17, 15) is 9.59 Å². The highest BCUT2D eigenvalue weighted by Gasteiger charge is 2.04. The molecule has 0 atom stereocenters. The number of hydrogen-bond donors (Lipinski definition) is 1. The minimum atomic E-state index is -0.346. The summed E-state index contributed by atoms with van der Waals surface area (Å²) in [5.74, 6) is -0.544. The number of ether oxygens (including phenoxy) is 2. The van der Waals surface area contributed by atoms with Crippen LogP contribution < -0.4 is 5.32 Å². The van der Waals surface area contributed by atoms with Crippen LogP contribution in [0.5, 0.6) is 0 Å². The van der Waals surface area contributed by atoms with Gasteiger partial charge in [-0.2, -0.15) is 0 Å². The van der Waals surface area contributed by atoms with Crippen LogP contribution in [0.15, 0.2) is 24.3 Å². The van der Waals surface area contributed by atoms with Crippen LogP contribution in [-0.4, -0.2) is 32.2 Å². The molecule has 0 saturated heterocycles. The fourth-order valence-corrected chi connectivity index (χ4v) is 1.53. The van der Waals surface area contributed by atoms with Crippen molar-refractivity contribution in [2.75, 3.05) is 20.3 Å². The minimum absolute atomic E-state index is 0.198. The van der Waals surface area contributed by atoms with E-state index in [1.807, 2.05) is 12.1 Å². The molecule has 0 radical (unpaired) electrons. The molecule has 0 aliphatic rings. The first kappa shape index (κ1) is 15.2. The third-order valence-corrected chi connectivity index (χ3v) is 2.52. The maximum absolute atomic E-state index is 11.2. The van der Waals surface area contributed by atoms with E-state index < -0.39 is 0 Å². The van der Waals surface area contributed by atoms with Gasteiger partial charge in [0.15, 0.2) is 0 Å². The summed E-state index contributed by atoms with van der Waals surface area (Å²) >= 11 is 0. The lowest BCUT2D eigenvalue weighted by atomic mass is 10.1. The van der Waals surface area contributed by atoms with Crippen LogP contribution in [0.4, 0.5) is 0 Å². The first-order chi connectivity index (χ1) is 9.17. The molecule has 0 unspecified atom stereocenters. The van der Waals surface area contributed by atoms with Gasteiger partial charge in [-0.25, -0.2) is 4.79 Å². The molecule has 104 valence electrons. The Bertz CT molecular complexity index is 414. The molecule has 5 heteroatoms. The average molecular weight is 265 g/mol. The van der Waals surface area contributed by atoms with Gasteiger partial charge in [0.1, 0.15) is 0 Å². The number of carbonyl (C=O) groups is 2. The van der Waals surface area contributed by atoms with E-state index in [0.717, 1.165) is 5.56 Å². The van der Waals surface area contributed by atoms with E-state index in [4.69, 9.17) is 4.74 Å². The summed E-state index contributed by atoms with van der Waals surface area (Å²) in [5.41, 5.74) is 1.56. The van der Waals surface area contributed by atoms with Gasteiger partial charge >= 0.3 is 11.9 Å². The van der Waals surface area contributed by atoms with Crippen LogP contribution >= 0.6 is 0 Å². The number of nitrogens with one attached hydrogen (secondary N) is 1. The van der Waals surface area contributed by atoms with E-state index >= 15 is 0 Å². The quantitative estimate of drug-likeness (QED) is 0.598. The number of benzene rings is 1. The molecule has 0 saturated carbocycles. The van der Waals surface area contributed by atoms with E-state index in [0.29, 0.717) is 31.7 Å². The number of esters is 2. The highest BCUT2D eigenvalue weighted by atomic mass is 16.5. The van der Waals surface area contributed by atoms with Crippen molar-refractivity contribution >= 4 is 11.9 Å². The lowest BCUT2D eigenvalue weighted by molar-refractivity contribution is -0.142. The zero-order valence-electron chi connectivity index (χ0n) is 11.3. The highest BCUT2D eigenvalue weighted by molar-refractivity contribution is 5.89. The van der Waals surface area contributed by atoms with Crippen LogP contribution in [0.3, 0.4) is 0 Å². The summed E-state index contributed by atoms with van der Waals surface area (Å²) < 4.78 is 9.44. The Hall–Kier alpha value is -1.88. The van der Waals surface area contributed by atoms with Gasteiger partial charge < -0.3 is 14.8 Å². The summed E-state index contributed by atoms with van der Waals surface area (Å²) in [6, 6.07) is 7.13. The Morgan fingerprint density at radius 1 is 1.21 bits per heavy atom. The molecule has 0 fully saturated rings. The van der Waals surface area contributed by atoms with Crippen molar-refractivity contribution in [3.8, 4) is 0 Å². The van der Waals surface area contributed by atoms with Gasteiger partial charge in [-0.05, 0) is 24.6 Å². The maximum atomic E-state index is 11.2. The number of methoxy groups -OCH3 is 1. The molecule has 0 spiro atoms. The van der Waals surface area contributed by atoms with Gasteiger partial charge in [0.05, 0.1) is 25.7 Å². The smallest absolute Gasteiger partial charge is 0.337 e. The van der Waals surface area contributed by atoms with Gasteiger partial charge in [-0.15, -0.1) is 0 Å². The largest absolute Gasteiger partial charge is 0.466 e. The number of rotatable bonds is 7. The second-order valence-corrected chi connectivity index (χ2v) is 3.92. The van der Waals surface area contributed by atoms with Gasteiger partial charge in [0, 0.05) is 13.1 Å². The van der Waals surface area contributed by atoms with E-state index in [2.05, 4.69) is 10.1 Å². The van der Waals surface area contributed by atoms with Gasteiger partial charge in [-0.3, -0.25) is 4.79 Å². The molecule has 1 aromatic rings. The molecule has 19 heavy (non-hydrogen) atoms. The Labute approximate surface area is 112 Å². The zero-order chi connectivity index (χ0) is 14.1. The van der Waals surface area contributed by atoms with Crippen LogP contribution in [0.1, 0.15) is 29.3 Å². The molecular weight excluding hydrogens is 246 g/mol. The zero-order valence-corrected chi connectivity index (χ0v) is 11.3. The number of hydrogen-bond acceptors (Lipinski definition) is 5. The minimum Gasteiger partial charge on any atom is -0.466 e. The maximum Gasteiger partial charge on any atom is 0.337 e. The van der Waals surface area contributed by atoms with Gasteiger partial charge in [0.25, 0.3) is 0 Å². The molecule has 5 nitrogen and oxygen atoms in total. The van der Waals surface area contributed by atoms with Crippen LogP contribution in [0.25, 0.3) is 0 Å². The predicted octanol–water partition coefficient (Wildman–Crippen LogP) is 1.52. The first-order valence-electron chi connectivity index (χ1n) is 6.21. The topological polar surface area (TPSA) is 64.6 Å². The Morgan fingerprint density at radius 2 is 1.89 bits per heavy atom. The van der Waals surface area contributed by atoms with Crippen molar-refractivity contribution in [2.24, 2.45) is 0 Å². The molecule has 1 aromatic carbocycles. The summed E-state index contributed by atoms with van der Waals surface area (Å²) in [6.45, 7) is 3.40. The molecule has 0 aliphatic carbocycles. The summed E-state index contributed by atoms with van der Waals surface area (Å²) in [7, 11) is 1.35. The molecule has 0 aliphatic heterocycles. The summed E-state index contributed by atoms with van der Waals surface area (Å²) in [5, 5.41) is 3.14. The fourth-order valence-electron chi connectivity index (χ4n) is 1.53. The average Bonchev–Trinajstić information content (AvgIpc) is 2.44. The van der Waals surface area contributed by atoms with E-state index in [-0.39, 0.29) is 11.9 Å². The molecule has 0 amide bonds. The van der Waals surface area contributed by atoms with Gasteiger partial charge in [-0.1, -0.05) is 12.1 Å². The van der Waals surface area contributed by atoms with Crippen LogP contribution in [-0.2, 0) is 20.8 Å². The predicted molar refractivity (Wildman–Crippen MR) is 70.7 cm³/mol. The third-order valence-electron chi connectivity index (χ3n) is 2.52. The second kappa shape index (κ2) is 8.26. The Morgan fingerprint density at radius 3 is 2.47 bits per heavy atom. The second-order valence-electron chi connectivity index (χ2n) is 3.92. The SMILES string of the molecule is CCOC(=O)CCNCc1ccc(C(=O)OC)cc1. The lowest BCUT2D eigenvalue weighted by Gasteiger charge is -2.05. The van der Waals surface area contributed by atoms with E-state index in [1.54, 1.807) is 19.1 Å². The number of carbonyl (C=O) groups excluding carboxylic acids is 2. The Kier molecular flexibility index (Phi) is 6.60. The van der Waals surface area contributed by atoms with Crippen molar-refractivity contribution < 1.29 is 19.1 Å². The molecule has 1 N–H and O–H groups in total. The molecule has 1 rings (SSSR count). The lowest BCUT2D eigenvalue weighted by Crippen LogP contribution is -2.19. The first-order valence-corrected chi connectivity index (χ1v) is 6.21. The normalized spacial score (nSPS) is 10.0. The van der Waals surface area contributed by atoms with Crippen molar-refractivity contribution in [2.45, 2.75) is 19.9 Å². The Balaban J connectivity index is 2.30. The summed E-state index contributed by atoms with van der Waals surface area (Å²) in [4.78, 5) is 22.3. The molecule has 0 aromatic heterocycles. The van der Waals surface area contributed by atoms with Crippen molar-refractivity contribution in [3.63, 3.8) is 0 Å². The van der Waals surface area contributed by atoms with Crippen molar-refractivity contribution in [1.29, 1.82) is 0 Å². The molecule has 0 bridgehead atoms. The third kappa shape index (κ3) is 5.52. The fraction of sp³-hybridized carbons (Fsp3) is 0.429. The standard InChI is InChI=1S/C14H19NO4/c1-3-19-13(16)8-9-15-10-11-4-6-12(7-5-11)14(17)18-2/h4-7,15H,3,8-10H2,1-2H3.